The van der Waals surface area contributed by atoms with Gasteiger partial charge in [0.15, 0.2) is 0 Å². The predicted octanol–water partition coefficient (Wildman–Crippen LogP) is 1.90. The highest BCUT2D eigenvalue weighted by Crippen LogP contribution is 2.16. The van der Waals surface area contributed by atoms with Crippen molar-refractivity contribution < 1.29 is 14.0 Å². The molecule has 2 N–H and O–H groups in total. The summed E-state index contributed by atoms with van der Waals surface area (Å²) < 4.78 is 15.4. The lowest BCUT2D eigenvalue weighted by atomic mass is 10.2. The first kappa shape index (κ1) is 15.1. The second-order valence-corrected chi connectivity index (χ2v) is 5.43. The summed E-state index contributed by atoms with van der Waals surface area (Å²) in [5, 5.41) is 5.13. The number of nitrogens with zero attached hydrogens (tertiary/aromatic N) is 2. The van der Waals surface area contributed by atoms with E-state index in [1.54, 1.807) is 30.1 Å². The van der Waals surface area contributed by atoms with Gasteiger partial charge in [0.1, 0.15) is 11.5 Å². The van der Waals surface area contributed by atoms with E-state index in [4.69, 9.17) is 0 Å². The molecule has 2 aromatic rings. The monoisotopic (exact) mass is 316 g/mol. The summed E-state index contributed by atoms with van der Waals surface area (Å²) in [6, 6.07) is 8.88. The molecule has 1 aliphatic rings. The Morgan fingerprint density at radius 1 is 1.30 bits per heavy atom. The Morgan fingerprint density at radius 3 is 2.87 bits per heavy atom. The molecule has 3 amide bonds. The number of fused-ring (bicyclic) bond motifs is 1. The molecule has 0 aliphatic carbocycles. The summed E-state index contributed by atoms with van der Waals surface area (Å²) in [6.45, 7) is 0.880. The van der Waals surface area contributed by atoms with Crippen LogP contribution in [0.5, 0.6) is 0 Å². The summed E-state index contributed by atoms with van der Waals surface area (Å²) in [7, 11) is 1.71. The number of aromatic nitrogens is 1. The molecule has 3 rings (SSSR count). The number of amides is 3. The molecule has 0 saturated carbocycles. The van der Waals surface area contributed by atoms with Gasteiger partial charge in [0.2, 0.25) is 0 Å². The van der Waals surface area contributed by atoms with Crippen LogP contribution in [0.2, 0.25) is 0 Å². The molecule has 1 aromatic heterocycles. The minimum atomic E-state index is -0.505. The molecule has 0 radical (unpaired) electrons. The molecule has 6 nitrogen and oxygen atoms in total. The lowest BCUT2D eigenvalue weighted by Gasteiger charge is -2.33. The number of anilines is 1. The Labute approximate surface area is 132 Å². The summed E-state index contributed by atoms with van der Waals surface area (Å²) in [6.07, 6.45) is 1.84. The molecule has 120 valence electrons. The number of urea groups is 1. The highest BCUT2D eigenvalue weighted by atomic mass is 19.1. The number of hydrogen-bond acceptors (Lipinski definition) is 2. The van der Waals surface area contributed by atoms with Crippen molar-refractivity contribution >= 4 is 17.6 Å². The average molecular weight is 316 g/mol. The Morgan fingerprint density at radius 2 is 2.09 bits per heavy atom. The third kappa shape index (κ3) is 3.03. The molecule has 1 aliphatic heterocycles. The first-order valence-electron chi connectivity index (χ1n) is 7.28. The van der Waals surface area contributed by atoms with Gasteiger partial charge in [-0.05, 0) is 24.3 Å². The third-order valence-electron chi connectivity index (χ3n) is 3.94. The fourth-order valence-electron chi connectivity index (χ4n) is 2.60. The van der Waals surface area contributed by atoms with Gasteiger partial charge >= 0.3 is 6.03 Å². The summed E-state index contributed by atoms with van der Waals surface area (Å²) in [5.41, 5.74) is 0.755. The van der Waals surface area contributed by atoms with Crippen LogP contribution in [0.3, 0.4) is 0 Å². The molecule has 1 atom stereocenters. The van der Waals surface area contributed by atoms with Crippen LogP contribution in [0, 0.1) is 5.82 Å². The van der Waals surface area contributed by atoms with Crippen LogP contribution >= 0.6 is 0 Å². The van der Waals surface area contributed by atoms with Gasteiger partial charge in [0, 0.05) is 26.3 Å². The van der Waals surface area contributed by atoms with Crippen LogP contribution in [0.15, 0.2) is 42.6 Å². The number of nitrogens with one attached hydrogen (secondary N) is 2. The van der Waals surface area contributed by atoms with Crippen LogP contribution < -0.4 is 10.6 Å². The minimum absolute atomic E-state index is 0.0810. The summed E-state index contributed by atoms with van der Waals surface area (Å²) in [5.74, 6) is -0.577. The van der Waals surface area contributed by atoms with Crippen molar-refractivity contribution in [2.24, 2.45) is 0 Å². The van der Waals surface area contributed by atoms with Crippen LogP contribution in [0.25, 0.3) is 0 Å². The highest BCUT2D eigenvalue weighted by molar-refractivity contribution is 5.93. The van der Waals surface area contributed by atoms with E-state index < -0.39 is 11.8 Å². The zero-order valence-electron chi connectivity index (χ0n) is 12.6. The number of hydrogen-bond donors (Lipinski definition) is 2. The molecular weight excluding hydrogens is 299 g/mol. The van der Waals surface area contributed by atoms with Gasteiger partial charge in [-0.1, -0.05) is 12.1 Å². The van der Waals surface area contributed by atoms with Crippen molar-refractivity contribution in [1.29, 1.82) is 0 Å². The van der Waals surface area contributed by atoms with E-state index in [2.05, 4.69) is 10.6 Å². The molecule has 0 bridgehead atoms. The number of para-hydroxylation sites is 1. The predicted molar refractivity (Wildman–Crippen MR) is 83.7 cm³/mol. The first-order valence-corrected chi connectivity index (χ1v) is 7.28. The van der Waals surface area contributed by atoms with E-state index in [9.17, 15) is 14.0 Å². The Bertz CT molecular complexity index is 743. The van der Waals surface area contributed by atoms with E-state index in [1.807, 2.05) is 16.8 Å². The largest absolute Gasteiger partial charge is 0.341 e. The van der Waals surface area contributed by atoms with E-state index in [0.29, 0.717) is 12.2 Å². The van der Waals surface area contributed by atoms with Gasteiger partial charge in [-0.25, -0.2) is 9.18 Å². The van der Waals surface area contributed by atoms with Crippen molar-refractivity contribution in [2.45, 2.75) is 12.6 Å². The zero-order valence-corrected chi connectivity index (χ0v) is 12.6. The van der Waals surface area contributed by atoms with E-state index >= 15 is 0 Å². The standard InChI is InChI=1S/C16H17FN4O2/c1-20-11(10-21-8-4-7-14(21)15(20)22)9-18-16(23)19-13-6-3-2-5-12(13)17/h2-8,11H,9-10H2,1H3,(H2,18,19,23). The van der Waals surface area contributed by atoms with Crippen molar-refractivity contribution in [3.05, 3.63) is 54.1 Å². The van der Waals surface area contributed by atoms with E-state index in [-0.39, 0.29) is 24.2 Å². The average Bonchev–Trinajstić information content (AvgIpc) is 3.00. The Balaban J connectivity index is 1.59. The van der Waals surface area contributed by atoms with Gasteiger partial charge in [-0.15, -0.1) is 0 Å². The third-order valence-corrected chi connectivity index (χ3v) is 3.94. The maximum absolute atomic E-state index is 13.5. The SMILES string of the molecule is CN1C(=O)c2cccn2CC1CNC(=O)Nc1ccccc1F. The molecular formula is C16H17FN4O2. The first-order chi connectivity index (χ1) is 11.1. The molecule has 0 spiro atoms. The van der Waals surface area contributed by atoms with Gasteiger partial charge in [0.25, 0.3) is 5.91 Å². The van der Waals surface area contributed by atoms with Crippen molar-refractivity contribution in [1.82, 2.24) is 14.8 Å². The van der Waals surface area contributed by atoms with Crippen LogP contribution in [0.4, 0.5) is 14.9 Å². The van der Waals surface area contributed by atoms with Crippen molar-refractivity contribution in [2.75, 3.05) is 18.9 Å². The Hall–Kier alpha value is -2.83. The second kappa shape index (κ2) is 6.12. The van der Waals surface area contributed by atoms with Gasteiger partial charge in [0.05, 0.1) is 11.7 Å². The number of carbonyl (C=O) groups excluding carboxylic acids is 2. The normalized spacial score (nSPS) is 16.9. The number of likely N-dealkylation sites (N-methyl/N-ethyl adjacent to an activating group) is 1. The fraction of sp³-hybridized carbons (Fsp3) is 0.250. The molecule has 1 unspecified atom stereocenters. The molecule has 0 fully saturated rings. The van der Waals surface area contributed by atoms with Crippen LogP contribution in [-0.4, -0.2) is 41.0 Å². The van der Waals surface area contributed by atoms with Gasteiger partial charge in [-0.3, -0.25) is 4.79 Å². The van der Waals surface area contributed by atoms with Crippen molar-refractivity contribution in [3.8, 4) is 0 Å². The minimum Gasteiger partial charge on any atom is -0.341 e. The molecule has 2 heterocycles. The van der Waals surface area contributed by atoms with E-state index in [1.165, 1.54) is 12.1 Å². The number of benzene rings is 1. The zero-order chi connectivity index (χ0) is 16.4. The summed E-state index contributed by atoms with van der Waals surface area (Å²) >= 11 is 0. The maximum atomic E-state index is 13.5. The fourth-order valence-corrected chi connectivity index (χ4v) is 2.60. The lowest BCUT2D eigenvalue weighted by Crippen LogP contribution is -2.51. The lowest BCUT2D eigenvalue weighted by molar-refractivity contribution is 0.0658. The molecule has 0 saturated heterocycles. The Kier molecular flexibility index (Phi) is 4.01. The van der Waals surface area contributed by atoms with E-state index in [0.717, 1.165) is 0 Å². The number of rotatable bonds is 3. The smallest absolute Gasteiger partial charge is 0.319 e. The highest BCUT2D eigenvalue weighted by Gasteiger charge is 2.29. The molecule has 7 heteroatoms. The van der Waals surface area contributed by atoms with Crippen LogP contribution in [0.1, 0.15) is 10.5 Å². The van der Waals surface area contributed by atoms with Gasteiger partial charge < -0.3 is 20.1 Å². The molecule has 23 heavy (non-hydrogen) atoms. The van der Waals surface area contributed by atoms with Gasteiger partial charge in [-0.2, -0.15) is 0 Å². The topological polar surface area (TPSA) is 66.4 Å². The second-order valence-electron chi connectivity index (χ2n) is 5.43. The molecule has 1 aromatic carbocycles. The van der Waals surface area contributed by atoms with Crippen LogP contribution in [-0.2, 0) is 6.54 Å². The van der Waals surface area contributed by atoms with Crippen molar-refractivity contribution in [3.63, 3.8) is 0 Å². The summed E-state index contributed by atoms with van der Waals surface area (Å²) in [4.78, 5) is 25.7. The number of halogens is 1. The number of carbonyl (C=O) groups is 2. The quantitative estimate of drug-likeness (QED) is 0.908. The maximum Gasteiger partial charge on any atom is 0.319 e.